The highest BCUT2D eigenvalue weighted by Gasteiger charge is 2.06. The second kappa shape index (κ2) is 2.94. The zero-order chi connectivity index (χ0) is 7.56. The molecule has 3 nitrogen and oxygen atoms in total. The van der Waals surface area contributed by atoms with Crippen LogP contribution >= 0.6 is 11.6 Å². The normalized spacial score (nSPS) is 9.90. The molecule has 1 aromatic heterocycles. The molecule has 0 aliphatic carbocycles. The van der Waals surface area contributed by atoms with Gasteiger partial charge in [0, 0.05) is 6.20 Å². The third-order valence-electron chi connectivity index (χ3n) is 1.24. The lowest BCUT2D eigenvalue weighted by atomic mass is 10.4. The number of hydrogen-bond acceptors (Lipinski definition) is 2. The van der Waals surface area contributed by atoms with Crippen LogP contribution in [0.2, 0.25) is 5.02 Å². The molecule has 0 amide bonds. The average Bonchev–Trinajstić information content (AvgIpc) is 2.30. The van der Waals surface area contributed by atoms with Crippen LogP contribution in [-0.4, -0.2) is 17.2 Å². The minimum Gasteiger partial charge on any atom is -0.494 e. The maximum Gasteiger partial charge on any atom is 0.155 e. The molecule has 0 fully saturated rings. The fraction of sp³-hybridized carbons (Fsp3) is 0.333. The number of aliphatic hydroxyl groups is 1. The van der Waals surface area contributed by atoms with Gasteiger partial charge >= 0.3 is 0 Å². The summed E-state index contributed by atoms with van der Waals surface area (Å²) in [6.07, 6.45) is 1.61. The lowest BCUT2D eigenvalue weighted by Gasteiger charge is -1.94. The van der Waals surface area contributed by atoms with E-state index in [1.165, 1.54) is 7.11 Å². The van der Waals surface area contributed by atoms with Crippen LogP contribution < -0.4 is 4.74 Å². The standard InChI is InChI=1S/C6H8ClNO2/c1-10-5-2-8-4(3-9)6(5)7/h2,8-9H,3H2,1H3. The minimum atomic E-state index is -0.0950. The molecule has 10 heavy (non-hydrogen) atoms. The molecular weight excluding hydrogens is 154 g/mol. The van der Waals surface area contributed by atoms with Crippen LogP contribution in [0.15, 0.2) is 6.20 Å². The van der Waals surface area contributed by atoms with Gasteiger partial charge in [-0.3, -0.25) is 0 Å². The summed E-state index contributed by atoms with van der Waals surface area (Å²) in [5, 5.41) is 9.11. The molecule has 1 aromatic rings. The molecule has 0 atom stereocenters. The van der Waals surface area contributed by atoms with Crippen LogP contribution in [0.5, 0.6) is 5.75 Å². The van der Waals surface area contributed by atoms with E-state index < -0.39 is 0 Å². The number of aromatic amines is 1. The molecule has 0 bridgehead atoms. The Bertz CT molecular complexity index is 200. The first-order valence-electron chi connectivity index (χ1n) is 2.80. The number of aromatic nitrogens is 1. The molecule has 0 aromatic carbocycles. The van der Waals surface area contributed by atoms with E-state index in [0.717, 1.165) is 0 Å². The van der Waals surface area contributed by atoms with Crippen molar-refractivity contribution in [3.63, 3.8) is 0 Å². The number of rotatable bonds is 2. The molecule has 0 saturated heterocycles. The largest absolute Gasteiger partial charge is 0.494 e. The van der Waals surface area contributed by atoms with Crippen LogP contribution in [0.1, 0.15) is 5.69 Å². The Morgan fingerprint density at radius 1 is 1.80 bits per heavy atom. The van der Waals surface area contributed by atoms with Crippen LogP contribution in [0.4, 0.5) is 0 Å². The number of H-pyrrole nitrogens is 1. The molecule has 1 rings (SSSR count). The Labute approximate surface area is 63.6 Å². The van der Waals surface area contributed by atoms with Gasteiger partial charge in [-0.2, -0.15) is 0 Å². The number of nitrogens with one attached hydrogen (secondary N) is 1. The first-order valence-corrected chi connectivity index (χ1v) is 3.18. The highest BCUT2D eigenvalue weighted by molar-refractivity contribution is 6.32. The van der Waals surface area contributed by atoms with Crippen molar-refractivity contribution in [2.45, 2.75) is 6.61 Å². The number of aliphatic hydroxyl groups excluding tert-OH is 1. The van der Waals surface area contributed by atoms with Gasteiger partial charge in [-0.25, -0.2) is 0 Å². The Balaban J connectivity index is 2.97. The first kappa shape index (κ1) is 7.44. The summed E-state index contributed by atoms with van der Waals surface area (Å²) in [6, 6.07) is 0. The fourth-order valence-corrected chi connectivity index (χ4v) is 0.938. The fourth-order valence-electron chi connectivity index (χ4n) is 0.692. The van der Waals surface area contributed by atoms with Crippen LogP contribution in [-0.2, 0) is 6.61 Å². The molecule has 0 saturated carbocycles. The quantitative estimate of drug-likeness (QED) is 0.684. The summed E-state index contributed by atoms with van der Waals surface area (Å²) in [5.74, 6) is 0.561. The van der Waals surface area contributed by atoms with Crippen molar-refractivity contribution in [3.8, 4) is 5.75 Å². The number of ether oxygens (including phenoxy) is 1. The van der Waals surface area contributed by atoms with Crippen molar-refractivity contribution in [1.29, 1.82) is 0 Å². The lowest BCUT2D eigenvalue weighted by molar-refractivity contribution is 0.277. The van der Waals surface area contributed by atoms with E-state index in [0.29, 0.717) is 16.5 Å². The number of hydrogen-bond donors (Lipinski definition) is 2. The molecule has 4 heteroatoms. The molecule has 2 N–H and O–H groups in total. The Kier molecular flexibility index (Phi) is 2.19. The van der Waals surface area contributed by atoms with Gasteiger partial charge in [0.25, 0.3) is 0 Å². The molecule has 0 aliphatic heterocycles. The first-order chi connectivity index (χ1) is 4.79. The molecule has 1 heterocycles. The van der Waals surface area contributed by atoms with E-state index >= 15 is 0 Å². The summed E-state index contributed by atoms with van der Waals surface area (Å²) in [6.45, 7) is -0.0950. The smallest absolute Gasteiger partial charge is 0.155 e. The maximum absolute atomic E-state index is 8.66. The summed E-state index contributed by atoms with van der Waals surface area (Å²) in [4.78, 5) is 2.77. The van der Waals surface area contributed by atoms with Gasteiger partial charge in [0.05, 0.1) is 19.4 Å². The van der Waals surface area contributed by atoms with Crippen molar-refractivity contribution in [1.82, 2.24) is 4.98 Å². The predicted molar refractivity (Wildman–Crippen MR) is 38.3 cm³/mol. The average molecular weight is 162 g/mol. The second-order valence-electron chi connectivity index (χ2n) is 1.81. The van der Waals surface area contributed by atoms with Gasteiger partial charge < -0.3 is 14.8 Å². The zero-order valence-electron chi connectivity index (χ0n) is 5.52. The monoisotopic (exact) mass is 161 g/mol. The van der Waals surface area contributed by atoms with Crippen molar-refractivity contribution in [2.75, 3.05) is 7.11 Å². The van der Waals surface area contributed by atoms with Crippen molar-refractivity contribution < 1.29 is 9.84 Å². The van der Waals surface area contributed by atoms with Gasteiger partial charge in [-0.15, -0.1) is 0 Å². The molecule has 56 valence electrons. The van der Waals surface area contributed by atoms with E-state index in [-0.39, 0.29) is 6.61 Å². The van der Waals surface area contributed by atoms with Gasteiger partial charge in [0.15, 0.2) is 5.75 Å². The van der Waals surface area contributed by atoms with E-state index in [4.69, 9.17) is 21.4 Å². The maximum atomic E-state index is 8.66. The summed E-state index contributed by atoms with van der Waals surface area (Å²) < 4.78 is 4.85. The van der Waals surface area contributed by atoms with Crippen molar-refractivity contribution >= 4 is 11.6 Å². The Morgan fingerprint density at radius 2 is 2.50 bits per heavy atom. The Hall–Kier alpha value is -0.670. The Morgan fingerprint density at radius 3 is 2.80 bits per heavy atom. The molecule has 0 spiro atoms. The van der Waals surface area contributed by atoms with Crippen LogP contribution in [0.3, 0.4) is 0 Å². The number of halogens is 1. The van der Waals surface area contributed by atoms with Crippen molar-refractivity contribution in [2.24, 2.45) is 0 Å². The van der Waals surface area contributed by atoms with Gasteiger partial charge in [-0.05, 0) is 0 Å². The van der Waals surface area contributed by atoms with E-state index in [2.05, 4.69) is 4.98 Å². The molecule has 0 radical (unpaired) electrons. The highest BCUT2D eigenvalue weighted by Crippen LogP contribution is 2.27. The van der Waals surface area contributed by atoms with E-state index in [1.54, 1.807) is 6.20 Å². The second-order valence-corrected chi connectivity index (χ2v) is 2.19. The van der Waals surface area contributed by atoms with E-state index in [9.17, 15) is 0 Å². The van der Waals surface area contributed by atoms with Gasteiger partial charge in [-0.1, -0.05) is 11.6 Å². The number of methoxy groups -OCH3 is 1. The third kappa shape index (κ3) is 1.10. The summed E-state index contributed by atoms with van der Waals surface area (Å²) in [5.41, 5.74) is 0.582. The van der Waals surface area contributed by atoms with Crippen molar-refractivity contribution in [3.05, 3.63) is 16.9 Å². The summed E-state index contributed by atoms with van der Waals surface area (Å²) in [7, 11) is 1.52. The SMILES string of the molecule is COc1c[nH]c(CO)c1Cl. The summed E-state index contributed by atoms with van der Waals surface area (Å²) >= 11 is 5.71. The third-order valence-corrected chi connectivity index (χ3v) is 1.65. The molecule has 0 unspecified atom stereocenters. The zero-order valence-corrected chi connectivity index (χ0v) is 6.27. The molecule has 0 aliphatic rings. The van der Waals surface area contributed by atoms with Crippen LogP contribution in [0.25, 0.3) is 0 Å². The lowest BCUT2D eigenvalue weighted by Crippen LogP contribution is -1.82. The van der Waals surface area contributed by atoms with Crippen LogP contribution in [0, 0.1) is 0 Å². The van der Waals surface area contributed by atoms with E-state index in [1.807, 2.05) is 0 Å². The highest BCUT2D eigenvalue weighted by atomic mass is 35.5. The predicted octanol–water partition coefficient (Wildman–Crippen LogP) is 1.17. The minimum absolute atomic E-state index is 0.0950. The van der Waals surface area contributed by atoms with Gasteiger partial charge in [0.2, 0.25) is 0 Å². The topological polar surface area (TPSA) is 45.2 Å². The van der Waals surface area contributed by atoms with Gasteiger partial charge in [0.1, 0.15) is 5.02 Å². The molecular formula is C6H8ClNO2.